The summed E-state index contributed by atoms with van der Waals surface area (Å²) >= 11 is 0. The molecule has 0 aliphatic carbocycles. The van der Waals surface area contributed by atoms with Crippen molar-refractivity contribution < 1.29 is 19.0 Å². The molecular formula is C36H39N5O5Si. The number of nitrogen functional groups attached to an aromatic ring is 1. The largest absolute Gasteiger partial charge is 0.404 e. The summed E-state index contributed by atoms with van der Waals surface area (Å²) in [4.78, 5) is 23.6. The lowest BCUT2D eigenvalue weighted by Crippen LogP contribution is -2.68. The zero-order chi connectivity index (χ0) is 33.2. The molecule has 5 aromatic rings. The molecule has 0 spiro atoms. The van der Waals surface area contributed by atoms with E-state index >= 15 is 0 Å². The quantitative estimate of drug-likeness (QED) is 0.154. The Bertz CT molecular complexity index is 1880. The fourth-order valence-electron chi connectivity index (χ4n) is 6.67. The normalized spacial score (nSPS) is 21.6. The van der Waals surface area contributed by atoms with Gasteiger partial charge in [0.1, 0.15) is 17.8 Å². The fourth-order valence-corrected chi connectivity index (χ4v) is 11.3. The highest BCUT2D eigenvalue weighted by Gasteiger charge is 2.59. The highest BCUT2D eigenvalue weighted by molar-refractivity contribution is 6.99. The minimum atomic E-state index is -3.06. The van der Waals surface area contributed by atoms with Crippen LogP contribution in [-0.4, -0.2) is 57.4 Å². The van der Waals surface area contributed by atoms with Gasteiger partial charge in [0.15, 0.2) is 17.4 Å². The van der Waals surface area contributed by atoms with Crippen LogP contribution < -0.4 is 21.7 Å². The van der Waals surface area contributed by atoms with Crippen LogP contribution in [0.1, 0.15) is 39.0 Å². The molecule has 0 radical (unpaired) electrons. The van der Waals surface area contributed by atoms with Crippen LogP contribution in [0.5, 0.6) is 0 Å². The molecule has 0 unspecified atom stereocenters. The Labute approximate surface area is 274 Å². The van der Waals surface area contributed by atoms with E-state index in [2.05, 4.69) is 65.9 Å². The van der Waals surface area contributed by atoms with E-state index in [0.717, 1.165) is 15.9 Å². The van der Waals surface area contributed by atoms with Crippen LogP contribution in [0.4, 0.5) is 5.95 Å². The molecule has 0 amide bonds. The first kappa shape index (κ1) is 32.4. The predicted octanol–water partition coefficient (Wildman–Crippen LogP) is 3.52. The summed E-state index contributed by atoms with van der Waals surface area (Å²) in [6.45, 7) is 6.78. The number of anilines is 1. The van der Waals surface area contributed by atoms with Gasteiger partial charge in [-0.05, 0) is 21.0 Å². The molecule has 47 heavy (non-hydrogen) atoms. The molecule has 11 heteroatoms. The average molecular weight is 650 g/mol. The van der Waals surface area contributed by atoms with Gasteiger partial charge >= 0.3 is 0 Å². The number of imidazole rings is 1. The minimum Gasteiger partial charge on any atom is -0.404 e. The van der Waals surface area contributed by atoms with Crippen molar-refractivity contribution in [2.45, 2.75) is 62.9 Å². The van der Waals surface area contributed by atoms with Gasteiger partial charge in [0.2, 0.25) is 5.95 Å². The van der Waals surface area contributed by atoms with Crippen molar-refractivity contribution in [2.75, 3.05) is 12.3 Å². The summed E-state index contributed by atoms with van der Waals surface area (Å²) in [5.74, 6) is 2.69. The second-order valence-electron chi connectivity index (χ2n) is 12.9. The van der Waals surface area contributed by atoms with Gasteiger partial charge in [-0.2, -0.15) is 4.98 Å². The Morgan fingerprint density at radius 1 is 1.04 bits per heavy atom. The molecule has 2 aromatic heterocycles. The number of ether oxygens (including phenoxy) is 2. The van der Waals surface area contributed by atoms with Gasteiger partial charge < -0.3 is 24.7 Å². The number of aromatic nitrogens is 4. The van der Waals surface area contributed by atoms with Crippen LogP contribution in [0, 0.1) is 12.3 Å². The molecule has 3 heterocycles. The average Bonchev–Trinajstić information content (AvgIpc) is 3.60. The van der Waals surface area contributed by atoms with Gasteiger partial charge in [-0.1, -0.05) is 112 Å². The molecule has 3 aromatic carbocycles. The van der Waals surface area contributed by atoms with Gasteiger partial charge in [0.05, 0.1) is 19.5 Å². The summed E-state index contributed by atoms with van der Waals surface area (Å²) < 4.78 is 22.2. The summed E-state index contributed by atoms with van der Waals surface area (Å²) in [6, 6.07) is 30.2. The number of rotatable bonds is 10. The molecule has 1 fully saturated rings. The Kier molecular flexibility index (Phi) is 8.89. The van der Waals surface area contributed by atoms with Crippen molar-refractivity contribution in [3.8, 4) is 12.3 Å². The van der Waals surface area contributed by atoms with Crippen molar-refractivity contribution in [3.05, 3.63) is 113 Å². The fraction of sp³-hybridized carbons (Fsp3) is 0.306. The van der Waals surface area contributed by atoms with Gasteiger partial charge in [0.25, 0.3) is 13.9 Å². The number of terminal acetylenes is 1. The standard InChI is InChI=1S/C36H39N5O5Si/c1-5-21-36(23-45-47(35(2,3)4,26-17-11-7-12-18-26)27-19-13-8-14-20-27)30(44-22-25-15-9-6-10-16-25)29(42)33(46-36)41-24-38-28-31(41)39-34(37)40-32(28)43/h1,6-20,24,29-30,33,42H,21-23H2,2-4H3,(H3,37,39,40,43)/t29-,30+,33-,36-/m1/s1. The van der Waals surface area contributed by atoms with Crippen LogP contribution in [0.2, 0.25) is 5.04 Å². The number of aromatic amines is 1. The van der Waals surface area contributed by atoms with Crippen molar-refractivity contribution in [3.63, 3.8) is 0 Å². The zero-order valence-electron chi connectivity index (χ0n) is 26.7. The van der Waals surface area contributed by atoms with Crippen LogP contribution in [0.25, 0.3) is 11.2 Å². The first-order valence-electron chi connectivity index (χ1n) is 15.5. The Morgan fingerprint density at radius 2 is 1.64 bits per heavy atom. The maximum absolute atomic E-state index is 12.6. The summed E-state index contributed by atoms with van der Waals surface area (Å²) in [5.41, 5.74) is 5.24. The second kappa shape index (κ2) is 12.9. The highest BCUT2D eigenvalue weighted by atomic mass is 28.4. The first-order valence-corrected chi connectivity index (χ1v) is 17.4. The molecule has 0 saturated carbocycles. The second-order valence-corrected chi connectivity index (χ2v) is 17.2. The Morgan fingerprint density at radius 3 is 2.21 bits per heavy atom. The lowest BCUT2D eigenvalue weighted by Gasteiger charge is -2.45. The number of benzene rings is 3. The number of fused-ring (bicyclic) bond motifs is 1. The molecule has 6 rings (SSSR count). The van der Waals surface area contributed by atoms with E-state index < -0.39 is 37.9 Å². The number of hydrogen-bond acceptors (Lipinski definition) is 8. The zero-order valence-corrected chi connectivity index (χ0v) is 27.7. The van der Waals surface area contributed by atoms with E-state index in [1.54, 1.807) is 0 Å². The molecule has 1 saturated heterocycles. The van der Waals surface area contributed by atoms with Gasteiger partial charge in [-0.25, -0.2) is 4.98 Å². The van der Waals surface area contributed by atoms with E-state index in [1.807, 2.05) is 66.7 Å². The number of nitrogens with one attached hydrogen (secondary N) is 1. The molecule has 4 atom stereocenters. The number of aliphatic hydroxyl groups is 1. The Hall–Kier alpha value is -4.57. The van der Waals surface area contributed by atoms with Crippen molar-refractivity contribution in [2.24, 2.45) is 0 Å². The third-order valence-electron chi connectivity index (χ3n) is 8.82. The topological polar surface area (TPSA) is 138 Å². The van der Waals surface area contributed by atoms with E-state index in [-0.39, 0.29) is 41.8 Å². The van der Waals surface area contributed by atoms with E-state index in [9.17, 15) is 9.90 Å². The van der Waals surface area contributed by atoms with E-state index in [0.29, 0.717) is 0 Å². The minimum absolute atomic E-state index is 0.0142. The van der Waals surface area contributed by atoms with Crippen LogP contribution in [-0.2, 0) is 20.5 Å². The van der Waals surface area contributed by atoms with Crippen molar-refractivity contribution >= 4 is 35.8 Å². The SMILES string of the molecule is C#CC[C@]1(CO[Si](c2ccccc2)(c2ccccc2)C(C)(C)C)O[C@@H](n2cnc3c(=O)[nH]c(N)nc32)[C@H](O)[C@@H]1OCc1ccccc1. The number of hydrogen-bond donors (Lipinski definition) is 3. The predicted molar refractivity (Wildman–Crippen MR) is 183 cm³/mol. The maximum Gasteiger partial charge on any atom is 0.280 e. The van der Waals surface area contributed by atoms with E-state index in [1.165, 1.54) is 10.9 Å². The van der Waals surface area contributed by atoms with Crippen molar-refractivity contribution in [1.29, 1.82) is 0 Å². The van der Waals surface area contributed by atoms with Gasteiger partial charge in [0, 0.05) is 6.42 Å². The van der Waals surface area contributed by atoms with Crippen LogP contribution in [0.3, 0.4) is 0 Å². The number of nitrogens with zero attached hydrogens (tertiary/aromatic N) is 3. The summed E-state index contributed by atoms with van der Waals surface area (Å²) in [7, 11) is -3.06. The first-order chi connectivity index (χ1) is 22.6. The van der Waals surface area contributed by atoms with E-state index in [4.69, 9.17) is 26.1 Å². The molecule has 4 N–H and O–H groups in total. The smallest absolute Gasteiger partial charge is 0.280 e. The monoisotopic (exact) mass is 649 g/mol. The molecule has 10 nitrogen and oxygen atoms in total. The number of nitrogens with two attached hydrogens (primary N) is 1. The highest BCUT2D eigenvalue weighted by Crippen LogP contribution is 2.45. The maximum atomic E-state index is 12.6. The van der Waals surface area contributed by atoms with Crippen LogP contribution in [0.15, 0.2) is 102 Å². The summed E-state index contributed by atoms with van der Waals surface area (Å²) in [6.07, 6.45) is 4.28. The van der Waals surface area contributed by atoms with Gasteiger partial charge in [-0.15, -0.1) is 12.3 Å². The van der Waals surface area contributed by atoms with Crippen molar-refractivity contribution in [1.82, 2.24) is 19.5 Å². The van der Waals surface area contributed by atoms with Gasteiger partial charge in [-0.3, -0.25) is 14.3 Å². The molecule has 1 aliphatic heterocycles. The Balaban J connectivity index is 1.47. The van der Waals surface area contributed by atoms with Crippen LogP contribution >= 0.6 is 0 Å². The molecule has 242 valence electrons. The molecular weight excluding hydrogens is 611 g/mol. The third kappa shape index (κ3) is 5.91. The molecule has 1 aliphatic rings. The molecule has 0 bridgehead atoms. The lowest BCUT2D eigenvalue weighted by molar-refractivity contribution is -0.136. The number of H-pyrrole nitrogens is 1. The lowest BCUT2D eigenvalue weighted by atomic mass is 9.92. The summed E-state index contributed by atoms with van der Waals surface area (Å²) in [5, 5.41) is 13.9. The third-order valence-corrected chi connectivity index (χ3v) is 13.8. The number of aliphatic hydroxyl groups excluding tert-OH is 1.